The van der Waals surface area contributed by atoms with Gasteiger partial charge in [-0.3, -0.25) is 4.57 Å². The lowest BCUT2D eigenvalue weighted by Crippen LogP contribution is -2.31. The molecule has 4 atom stereocenters. The van der Waals surface area contributed by atoms with Crippen molar-refractivity contribution in [2.75, 3.05) is 5.32 Å². The van der Waals surface area contributed by atoms with Crippen LogP contribution < -0.4 is 5.32 Å². The number of aliphatic hydroxyl groups is 2. The van der Waals surface area contributed by atoms with E-state index in [0.717, 1.165) is 11.0 Å². The molecule has 1 aliphatic rings. The van der Waals surface area contributed by atoms with E-state index in [1.807, 2.05) is 19.9 Å². The third-order valence-electron chi connectivity index (χ3n) is 3.80. The first kappa shape index (κ1) is 15.6. The monoisotopic (exact) mass is 325 g/mol. The maximum Gasteiger partial charge on any atom is 0.206 e. The number of rotatable bonds is 3. The van der Waals surface area contributed by atoms with E-state index in [1.165, 1.54) is 0 Å². The van der Waals surface area contributed by atoms with Gasteiger partial charge in [-0.15, -0.1) is 0 Å². The highest BCUT2D eigenvalue weighted by atomic mass is 35.5. The zero-order valence-corrected chi connectivity index (χ0v) is 13.4. The third-order valence-corrected chi connectivity index (χ3v) is 4.04. The topological polar surface area (TPSA) is 79.5 Å². The molecule has 0 spiro atoms. The van der Waals surface area contributed by atoms with Gasteiger partial charge in [0.2, 0.25) is 5.95 Å². The molecule has 22 heavy (non-hydrogen) atoms. The molecule has 3 N–H and O–H groups in total. The number of halogens is 1. The molecule has 7 heteroatoms. The van der Waals surface area contributed by atoms with Crippen molar-refractivity contribution < 1.29 is 14.9 Å². The molecule has 1 fully saturated rings. The molecule has 2 aromatic rings. The highest BCUT2D eigenvalue weighted by Crippen LogP contribution is 2.35. The van der Waals surface area contributed by atoms with Gasteiger partial charge in [-0.1, -0.05) is 11.6 Å². The first-order valence-electron chi connectivity index (χ1n) is 7.34. The molecule has 0 radical (unpaired) electrons. The van der Waals surface area contributed by atoms with Crippen LogP contribution in [0.3, 0.4) is 0 Å². The molecule has 0 bridgehead atoms. The van der Waals surface area contributed by atoms with E-state index in [9.17, 15) is 10.2 Å². The number of anilines is 1. The van der Waals surface area contributed by atoms with Crippen LogP contribution in [0.2, 0.25) is 5.02 Å². The van der Waals surface area contributed by atoms with Crippen LogP contribution in [0.4, 0.5) is 5.95 Å². The zero-order valence-electron chi connectivity index (χ0n) is 12.7. The summed E-state index contributed by atoms with van der Waals surface area (Å²) in [6.07, 6.45) is -3.13. The van der Waals surface area contributed by atoms with Gasteiger partial charge in [0, 0.05) is 11.1 Å². The second-order valence-corrected chi connectivity index (χ2v) is 6.39. The van der Waals surface area contributed by atoms with Crippen molar-refractivity contribution in [3.63, 3.8) is 0 Å². The van der Waals surface area contributed by atoms with Gasteiger partial charge in [0.25, 0.3) is 0 Å². The van der Waals surface area contributed by atoms with Crippen LogP contribution in [-0.2, 0) is 4.74 Å². The lowest BCUT2D eigenvalue weighted by molar-refractivity contribution is -0.0284. The first-order valence-corrected chi connectivity index (χ1v) is 7.72. The fourth-order valence-electron chi connectivity index (χ4n) is 2.72. The standard InChI is InChI=1S/C15H20ClN3O3/c1-7(2)17-15-18-10-5-4-9(16)6-11(10)19(15)14-13(21)12(20)8(3)22-14/h4-8,12-14,20-21H,1-3H3,(H,17,18)/t8-,12-,13-,14-/m1/s1. The fourth-order valence-corrected chi connectivity index (χ4v) is 2.89. The molecule has 0 amide bonds. The number of nitrogens with one attached hydrogen (secondary N) is 1. The highest BCUT2D eigenvalue weighted by molar-refractivity contribution is 6.31. The van der Waals surface area contributed by atoms with E-state index in [4.69, 9.17) is 16.3 Å². The summed E-state index contributed by atoms with van der Waals surface area (Å²) in [6.45, 7) is 5.73. The molecule has 1 saturated heterocycles. The summed E-state index contributed by atoms with van der Waals surface area (Å²) >= 11 is 6.09. The Balaban J connectivity index is 2.15. The molecule has 120 valence electrons. The lowest BCUT2D eigenvalue weighted by atomic mass is 10.1. The number of aromatic nitrogens is 2. The Morgan fingerprint density at radius 2 is 2.05 bits per heavy atom. The average Bonchev–Trinajstić information content (AvgIpc) is 2.90. The molecule has 0 saturated carbocycles. The van der Waals surface area contributed by atoms with Crippen molar-refractivity contribution >= 4 is 28.6 Å². The van der Waals surface area contributed by atoms with Gasteiger partial charge in [0.05, 0.1) is 17.1 Å². The van der Waals surface area contributed by atoms with Crippen LogP contribution in [0, 0.1) is 0 Å². The predicted octanol–water partition coefficient (Wildman–Crippen LogP) is 2.15. The third kappa shape index (κ3) is 2.56. The minimum absolute atomic E-state index is 0.159. The van der Waals surface area contributed by atoms with Crippen molar-refractivity contribution in [2.45, 2.75) is 51.4 Å². The predicted molar refractivity (Wildman–Crippen MR) is 85.1 cm³/mol. The van der Waals surface area contributed by atoms with Crippen LogP contribution in [0.15, 0.2) is 18.2 Å². The quantitative estimate of drug-likeness (QED) is 0.806. The summed E-state index contributed by atoms with van der Waals surface area (Å²) in [7, 11) is 0. The molecule has 0 unspecified atom stereocenters. The van der Waals surface area contributed by atoms with Gasteiger partial charge in [-0.25, -0.2) is 4.98 Å². The number of benzene rings is 1. The molecule has 6 nitrogen and oxygen atoms in total. The van der Waals surface area contributed by atoms with E-state index in [-0.39, 0.29) is 6.04 Å². The minimum atomic E-state index is -1.03. The Labute approximate surface area is 133 Å². The van der Waals surface area contributed by atoms with Crippen LogP contribution in [0.5, 0.6) is 0 Å². The van der Waals surface area contributed by atoms with Crippen molar-refractivity contribution in [1.82, 2.24) is 9.55 Å². The molecular formula is C15H20ClN3O3. The van der Waals surface area contributed by atoms with E-state index in [0.29, 0.717) is 11.0 Å². The molecule has 1 aromatic heterocycles. The Morgan fingerprint density at radius 3 is 2.64 bits per heavy atom. The number of imidazole rings is 1. The molecule has 2 heterocycles. The Morgan fingerprint density at radius 1 is 1.32 bits per heavy atom. The smallest absolute Gasteiger partial charge is 0.206 e. The van der Waals surface area contributed by atoms with Gasteiger partial charge >= 0.3 is 0 Å². The molecular weight excluding hydrogens is 306 g/mol. The molecule has 1 aromatic carbocycles. The van der Waals surface area contributed by atoms with Crippen LogP contribution in [0.1, 0.15) is 27.0 Å². The Hall–Kier alpha value is -1.34. The lowest BCUT2D eigenvalue weighted by Gasteiger charge is -2.21. The summed E-state index contributed by atoms with van der Waals surface area (Å²) in [5.74, 6) is 0.581. The summed E-state index contributed by atoms with van der Waals surface area (Å²) in [5.41, 5.74) is 1.50. The summed E-state index contributed by atoms with van der Waals surface area (Å²) in [5, 5.41) is 24.1. The van der Waals surface area contributed by atoms with Gasteiger partial charge < -0.3 is 20.3 Å². The molecule has 3 rings (SSSR count). The number of hydrogen-bond acceptors (Lipinski definition) is 5. The maximum atomic E-state index is 10.3. The minimum Gasteiger partial charge on any atom is -0.388 e. The van der Waals surface area contributed by atoms with Gasteiger partial charge in [-0.2, -0.15) is 0 Å². The second kappa shape index (κ2) is 5.70. The van der Waals surface area contributed by atoms with Crippen LogP contribution >= 0.6 is 11.6 Å². The molecule has 0 aliphatic carbocycles. The zero-order chi connectivity index (χ0) is 16.0. The van der Waals surface area contributed by atoms with Crippen molar-refractivity contribution in [3.05, 3.63) is 23.2 Å². The van der Waals surface area contributed by atoms with E-state index < -0.39 is 24.5 Å². The van der Waals surface area contributed by atoms with Gasteiger partial charge in [-0.05, 0) is 39.0 Å². The number of nitrogens with zero attached hydrogens (tertiary/aromatic N) is 2. The second-order valence-electron chi connectivity index (χ2n) is 5.95. The largest absolute Gasteiger partial charge is 0.388 e. The van der Waals surface area contributed by atoms with Crippen LogP contribution in [-0.4, -0.2) is 44.1 Å². The van der Waals surface area contributed by atoms with Crippen molar-refractivity contribution in [1.29, 1.82) is 0 Å². The van der Waals surface area contributed by atoms with Gasteiger partial charge in [0.1, 0.15) is 12.2 Å². The van der Waals surface area contributed by atoms with E-state index in [1.54, 1.807) is 23.6 Å². The van der Waals surface area contributed by atoms with E-state index >= 15 is 0 Å². The van der Waals surface area contributed by atoms with Crippen molar-refractivity contribution in [2.24, 2.45) is 0 Å². The maximum absolute atomic E-state index is 10.3. The van der Waals surface area contributed by atoms with Crippen LogP contribution in [0.25, 0.3) is 11.0 Å². The summed E-state index contributed by atoms with van der Waals surface area (Å²) < 4.78 is 7.50. The first-order chi connectivity index (χ1) is 10.4. The average molecular weight is 326 g/mol. The summed E-state index contributed by atoms with van der Waals surface area (Å²) in [6, 6.07) is 5.53. The highest BCUT2D eigenvalue weighted by Gasteiger charge is 2.42. The van der Waals surface area contributed by atoms with Gasteiger partial charge in [0.15, 0.2) is 6.23 Å². The number of hydrogen-bond donors (Lipinski definition) is 3. The fraction of sp³-hybridized carbons (Fsp3) is 0.533. The van der Waals surface area contributed by atoms with E-state index in [2.05, 4.69) is 10.3 Å². The number of ether oxygens (including phenoxy) is 1. The Bertz CT molecular complexity index is 688. The SMILES string of the molecule is CC(C)Nc1nc2ccc(Cl)cc2n1[C@@H]1O[C@H](C)[C@@H](O)[C@H]1O. The number of aliphatic hydroxyl groups excluding tert-OH is 2. The number of fused-ring (bicyclic) bond motifs is 1. The van der Waals surface area contributed by atoms with Crippen molar-refractivity contribution in [3.8, 4) is 0 Å². The molecule has 1 aliphatic heterocycles. The summed E-state index contributed by atoms with van der Waals surface area (Å²) in [4.78, 5) is 4.54. The normalized spacial score (nSPS) is 28.7. The Kier molecular flexibility index (Phi) is 4.03.